The van der Waals surface area contributed by atoms with Crippen LogP contribution >= 0.6 is 23.1 Å². The van der Waals surface area contributed by atoms with Crippen molar-refractivity contribution in [1.82, 2.24) is 0 Å². The van der Waals surface area contributed by atoms with Crippen molar-refractivity contribution in [3.63, 3.8) is 0 Å². The van der Waals surface area contributed by atoms with Crippen LogP contribution in [0.5, 0.6) is 0 Å². The van der Waals surface area contributed by atoms with E-state index in [1.807, 2.05) is 53.6 Å². The van der Waals surface area contributed by atoms with Gasteiger partial charge < -0.3 is 5.32 Å². The highest BCUT2D eigenvalue weighted by atomic mass is 32.2. The Kier molecular flexibility index (Phi) is 4.27. The molecule has 1 aromatic heterocycles. The largest absolute Gasteiger partial charge is 0.360 e. The van der Waals surface area contributed by atoms with Gasteiger partial charge in [-0.2, -0.15) is 0 Å². The molecule has 0 aliphatic carbocycles. The van der Waals surface area contributed by atoms with E-state index in [-0.39, 0.29) is 12.1 Å². The van der Waals surface area contributed by atoms with Gasteiger partial charge in [0.15, 0.2) is 0 Å². The zero-order valence-corrected chi connectivity index (χ0v) is 15.7. The lowest BCUT2D eigenvalue weighted by Crippen LogP contribution is -2.43. The summed E-state index contributed by atoms with van der Waals surface area (Å²) < 4.78 is 0. The lowest BCUT2D eigenvalue weighted by Gasteiger charge is -2.38. The van der Waals surface area contributed by atoms with Crippen LogP contribution in [-0.2, 0) is 0 Å². The Hall–Kier alpha value is -2.24. The number of anilines is 2. The second kappa shape index (κ2) is 6.58. The average molecular weight is 367 g/mol. The van der Waals surface area contributed by atoms with E-state index in [1.54, 1.807) is 23.1 Å². The molecule has 1 aliphatic heterocycles. The Morgan fingerprint density at radius 3 is 2.56 bits per heavy atom. The molecule has 3 aromatic rings. The summed E-state index contributed by atoms with van der Waals surface area (Å²) in [5.41, 5.74) is 2.54. The van der Waals surface area contributed by atoms with E-state index in [1.165, 1.54) is 4.88 Å². The van der Waals surface area contributed by atoms with E-state index in [2.05, 4.69) is 30.4 Å². The first kappa shape index (κ1) is 16.2. The van der Waals surface area contributed by atoms with E-state index in [0.29, 0.717) is 5.56 Å². The molecule has 25 heavy (non-hydrogen) atoms. The molecule has 2 aromatic carbocycles. The number of para-hydroxylation sites is 2. The van der Waals surface area contributed by atoms with Crippen LogP contribution in [0.4, 0.5) is 11.4 Å². The fourth-order valence-corrected chi connectivity index (χ4v) is 4.64. The van der Waals surface area contributed by atoms with Crippen LogP contribution in [0.25, 0.3) is 0 Å². The number of nitrogens with zero attached hydrogens (tertiary/aromatic N) is 1. The van der Waals surface area contributed by atoms with Crippen LogP contribution < -0.4 is 10.2 Å². The van der Waals surface area contributed by atoms with Crippen LogP contribution in [0.1, 0.15) is 26.3 Å². The zero-order valence-electron chi connectivity index (χ0n) is 14.0. The van der Waals surface area contributed by atoms with Crippen LogP contribution in [0.15, 0.2) is 65.6 Å². The molecule has 0 fully saturated rings. The molecule has 0 radical (unpaired) electrons. The minimum atomic E-state index is -0.200. The smallest absolute Gasteiger partial charge is 0.262 e. The molecule has 0 saturated heterocycles. The fraction of sp³-hybridized carbons (Fsp3) is 0.150. The van der Waals surface area contributed by atoms with Gasteiger partial charge in [-0.05, 0) is 49.6 Å². The number of amides is 1. The molecule has 1 unspecified atom stereocenters. The summed E-state index contributed by atoms with van der Waals surface area (Å²) in [4.78, 5) is 18.7. The van der Waals surface area contributed by atoms with Crippen molar-refractivity contribution in [2.24, 2.45) is 0 Å². The predicted octanol–water partition coefficient (Wildman–Crippen LogP) is 5.55. The first-order valence-corrected chi connectivity index (χ1v) is 10.1. The number of aryl methyl sites for hydroxylation is 1. The van der Waals surface area contributed by atoms with Crippen molar-refractivity contribution in [3.05, 3.63) is 76.0 Å². The van der Waals surface area contributed by atoms with E-state index in [9.17, 15) is 4.79 Å². The number of carbonyl (C=O) groups excluding carboxylic acids is 1. The first-order chi connectivity index (χ1) is 12.2. The molecule has 3 nitrogen and oxygen atoms in total. The molecule has 0 spiro atoms. The molecule has 0 saturated carbocycles. The van der Waals surface area contributed by atoms with E-state index in [4.69, 9.17) is 0 Å². The Bertz CT molecular complexity index is 935. The Labute approximate surface area is 155 Å². The minimum Gasteiger partial charge on any atom is -0.360 e. The van der Waals surface area contributed by atoms with Crippen LogP contribution in [-0.4, -0.2) is 12.2 Å². The quantitative estimate of drug-likeness (QED) is 0.617. The summed E-state index contributed by atoms with van der Waals surface area (Å²) in [6.07, 6.45) is 1.84. The van der Waals surface area contributed by atoms with Gasteiger partial charge in [0, 0.05) is 20.3 Å². The molecule has 1 atom stereocenters. The lowest BCUT2D eigenvalue weighted by atomic mass is 10.1. The van der Waals surface area contributed by atoms with Crippen molar-refractivity contribution in [2.45, 2.75) is 18.0 Å². The minimum absolute atomic E-state index is 0.0342. The molecule has 2 heterocycles. The van der Waals surface area contributed by atoms with Crippen LogP contribution in [0, 0.1) is 6.92 Å². The molecule has 1 amide bonds. The summed E-state index contributed by atoms with van der Waals surface area (Å²) in [7, 11) is 0. The molecule has 4 rings (SSSR count). The van der Waals surface area contributed by atoms with Gasteiger partial charge in [-0.1, -0.05) is 24.3 Å². The van der Waals surface area contributed by atoms with E-state index >= 15 is 0 Å². The molecular weight excluding hydrogens is 348 g/mol. The highest BCUT2D eigenvalue weighted by molar-refractivity contribution is 7.98. The number of hydrogen-bond acceptors (Lipinski definition) is 4. The highest BCUT2D eigenvalue weighted by Gasteiger charge is 2.35. The maximum atomic E-state index is 13.4. The second-order valence-electron chi connectivity index (χ2n) is 5.89. The summed E-state index contributed by atoms with van der Waals surface area (Å²) in [6, 6.07) is 20.0. The highest BCUT2D eigenvalue weighted by Crippen LogP contribution is 2.41. The van der Waals surface area contributed by atoms with E-state index < -0.39 is 0 Å². The standard InChI is InChI=1S/C20H18N2OS2/c1-13-11-12-18(25-13)19-21-15-8-4-3-7-14(15)20(23)22(19)16-9-5-6-10-17(16)24-2/h3-12,19,21H,1-2H3. The van der Waals surface area contributed by atoms with Crippen molar-refractivity contribution in [3.8, 4) is 0 Å². The molecule has 5 heteroatoms. The lowest BCUT2D eigenvalue weighted by molar-refractivity contribution is 0.0975. The average Bonchev–Trinajstić information content (AvgIpc) is 3.08. The molecule has 1 aliphatic rings. The fourth-order valence-electron chi connectivity index (χ4n) is 3.13. The van der Waals surface area contributed by atoms with Gasteiger partial charge in [0.1, 0.15) is 6.17 Å². The van der Waals surface area contributed by atoms with Crippen molar-refractivity contribution in [1.29, 1.82) is 0 Å². The third-order valence-corrected chi connectivity index (χ3v) is 6.14. The first-order valence-electron chi connectivity index (χ1n) is 8.07. The number of fused-ring (bicyclic) bond motifs is 1. The molecule has 126 valence electrons. The SMILES string of the molecule is CSc1ccccc1N1C(=O)c2ccccc2NC1c1ccc(C)s1. The number of nitrogens with one attached hydrogen (secondary N) is 1. The topological polar surface area (TPSA) is 32.3 Å². The van der Waals surface area contributed by atoms with Crippen molar-refractivity contribution >= 4 is 40.4 Å². The molecule has 0 bridgehead atoms. The van der Waals surface area contributed by atoms with Crippen molar-refractivity contribution in [2.75, 3.05) is 16.5 Å². The zero-order chi connectivity index (χ0) is 17.4. The number of thioether (sulfide) groups is 1. The van der Waals surface area contributed by atoms with Gasteiger partial charge >= 0.3 is 0 Å². The third-order valence-electron chi connectivity index (χ3n) is 4.30. The Morgan fingerprint density at radius 1 is 1.04 bits per heavy atom. The summed E-state index contributed by atoms with van der Waals surface area (Å²) in [5.74, 6) is 0.0342. The van der Waals surface area contributed by atoms with Gasteiger partial charge in [-0.25, -0.2) is 0 Å². The summed E-state index contributed by atoms with van der Waals surface area (Å²) in [6.45, 7) is 2.09. The summed E-state index contributed by atoms with van der Waals surface area (Å²) >= 11 is 3.38. The van der Waals surface area contributed by atoms with Crippen molar-refractivity contribution < 1.29 is 4.79 Å². The predicted molar refractivity (Wildman–Crippen MR) is 107 cm³/mol. The molecular formula is C20H18N2OS2. The van der Waals surface area contributed by atoms with E-state index in [0.717, 1.165) is 21.1 Å². The van der Waals surface area contributed by atoms with Gasteiger partial charge in [0.25, 0.3) is 5.91 Å². The number of hydrogen-bond donors (Lipinski definition) is 1. The maximum absolute atomic E-state index is 13.4. The summed E-state index contributed by atoms with van der Waals surface area (Å²) in [5, 5.41) is 3.56. The monoisotopic (exact) mass is 366 g/mol. The second-order valence-corrected chi connectivity index (χ2v) is 8.06. The maximum Gasteiger partial charge on any atom is 0.262 e. The normalized spacial score (nSPS) is 16.5. The van der Waals surface area contributed by atoms with Gasteiger partial charge in [0.2, 0.25) is 0 Å². The van der Waals surface area contributed by atoms with Gasteiger partial charge in [-0.15, -0.1) is 23.1 Å². The number of rotatable bonds is 3. The number of benzene rings is 2. The van der Waals surface area contributed by atoms with Gasteiger partial charge in [0.05, 0.1) is 11.3 Å². The van der Waals surface area contributed by atoms with Crippen LogP contribution in [0.3, 0.4) is 0 Å². The number of carbonyl (C=O) groups is 1. The Balaban J connectivity index is 1.89. The third kappa shape index (κ3) is 2.83. The Morgan fingerprint density at radius 2 is 1.80 bits per heavy atom. The van der Waals surface area contributed by atoms with Gasteiger partial charge in [-0.3, -0.25) is 9.69 Å². The molecule has 1 N–H and O–H groups in total. The number of thiophene rings is 1. The van der Waals surface area contributed by atoms with Crippen LogP contribution in [0.2, 0.25) is 0 Å².